The van der Waals surface area contributed by atoms with Crippen molar-refractivity contribution < 1.29 is 10.2 Å². The van der Waals surface area contributed by atoms with Crippen LogP contribution in [-0.4, -0.2) is 22.9 Å². The van der Waals surface area contributed by atoms with Crippen LogP contribution in [0.3, 0.4) is 0 Å². The average Bonchev–Trinajstić information content (AvgIpc) is 2.15. The molecule has 0 aliphatic rings. The van der Waals surface area contributed by atoms with Gasteiger partial charge < -0.3 is 10.2 Å². The van der Waals surface area contributed by atoms with E-state index in [9.17, 15) is 5.11 Å². The van der Waals surface area contributed by atoms with Crippen LogP contribution >= 0.6 is 0 Å². The summed E-state index contributed by atoms with van der Waals surface area (Å²) in [6, 6.07) is 0. The Morgan fingerprint density at radius 1 is 0.882 bits per heavy atom. The Hall–Kier alpha value is -0.0800. The van der Waals surface area contributed by atoms with Crippen LogP contribution in [0.25, 0.3) is 0 Å². The molecule has 0 aliphatic heterocycles. The standard InChI is InChI=1S/C15H32O2/c1-14(2,3)10-6-8-13(17)9-7-11-15(4,5)12-16/h13,16-17H,6-12H2,1-5H3. The molecule has 104 valence electrons. The summed E-state index contributed by atoms with van der Waals surface area (Å²) in [6.45, 7) is 11.1. The number of hydrogen-bond donors (Lipinski definition) is 2. The van der Waals surface area contributed by atoms with Gasteiger partial charge in [-0.05, 0) is 36.5 Å². The van der Waals surface area contributed by atoms with Crippen LogP contribution < -0.4 is 0 Å². The van der Waals surface area contributed by atoms with Crippen LogP contribution in [0, 0.1) is 10.8 Å². The molecule has 2 N–H and O–H groups in total. The van der Waals surface area contributed by atoms with Gasteiger partial charge in [-0.3, -0.25) is 0 Å². The first kappa shape index (κ1) is 16.9. The van der Waals surface area contributed by atoms with Gasteiger partial charge in [0.15, 0.2) is 0 Å². The van der Waals surface area contributed by atoms with Gasteiger partial charge in [-0.2, -0.15) is 0 Å². The molecule has 0 aliphatic carbocycles. The summed E-state index contributed by atoms with van der Waals surface area (Å²) < 4.78 is 0. The van der Waals surface area contributed by atoms with E-state index in [1.807, 2.05) is 0 Å². The Balaban J connectivity index is 3.57. The quantitative estimate of drug-likeness (QED) is 0.682. The third-order valence-corrected chi connectivity index (χ3v) is 3.28. The van der Waals surface area contributed by atoms with Crippen LogP contribution in [0.4, 0.5) is 0 Å². The highest BCUT2D eigenvalue weighted by Crippen LogP contribution is 2.25. The lowest BCUT2D eigenvalue weighted by Crippen LogP contribution is -2.17. The fourth-order valence-electron chi connectivity index (χ4n) is 1.91. The Bertz CT molecular complexity index is 192. The second-order valence-electron chi connectivity index (χ2n) is 7.32. The van der Waals surface area contributed by atoms with E-state index in [1.165, 1.54) is 6.42 Å². The molecule has 0 spiro atoms. The van der Waals surface area contributed by atoms with E-state index in [0.29, 0.717) is 5.41 Å². The minimum absolute atomic E-state index is 0.00509. The van der Waals surface area contributed by atoms with Gasteiger partial charge >= 0.3 is 0 Å². The molecule has 0 aromatic heterocycles. The van der Waals surface area contributed by atoms with Crippen molar-refractivity contribution in [3.63, 3.8) is 0 Å². The van der Waals surface area contributed by atoms with Crippen molar-refractivity contribution in [2.24, 2.45) is 10.8 Å². The minimum Gasteiger partial charge on any atom is -0.396 e. The molecule has 0 rings (SSSR count). The predicted molar refractivity (Wildman–Crippen MR) is 74.0 cm³/mol. The van der Waals surface area contributed by atoms with Crippen molar-refractivity contribution >= 4 is 0 Å². The molecular formula is C15H32O2. The summed E-state index contributed by atoms with van der Waals surface area (Å²) in [5, 5.41) is 19.0. The van der Waals surface area contributed by atoms with Gasteiger partial charge in [-0.25, -0.2) is 0 Å². The maximum atomic E-state index is 9.85. The van der Waals surface area contributed by atoms with E-state index in [0.717, 1.165) is 32.1 Å². The van der Waals surface area contributed by atoms with Crippen molar-refractivity contribution in [2.75, 3.05) is 6.61 Å². The second-order valence-corrected chi connectivity index (χ2v) is 7.32. The van der Waals surface area contributed by atoms with Gasteiger partial charge in [-0.15, -0.1) is 0 Å². The molecule has 0 fully saturated rings. The molecule has 0 amide bonds. The molecule has 0 aromatic rings. The first-order valence-corrected chi connectivity index (χ1v) is 6.95. The summed E-state index contributed by atoms with van der Waals surface area (Å²) >= 11 is 0. The predicted octanol–water partition coefficient (Wildman–Crippen LogP) is 3.75. The normalized spacial score (nSPS) is 15.0. The van der Waals surface area contributed by atoms with Crippen molar-refractivity contribution in [1.29, 1.82) is 0 Å². The fraction of sp³-hybridized carbons (Fsp3) is 1.00. The van der Waals surface area contributed by atoms with Gasteiger partial charge in [0.2, 0.25) is 0 Å². The van der Waals surface area contributed by atoms with Crippen LogP contribution in [0.1, 0.15) is 73.1 Å². The molecule has 0 radical (unpaired) electrons. The highest BCUT2D eigenvalue weighted by Gasteiger charge is 2.17. The highest BCUT2D eigenvalue weighted by molar-refractivity contribution is 4.69. The SMILES string of the molecule is CC(C)(C)CCCC(O)CCCC(C)(C)CO. The lowest BCUT2D eigenvalue weighted by Gasteiger charge is -2.22. The average molecular weight is 244 g/mol. The lowest BCUT2D eigenvalue weighted by molar-refractivity contribution is 0.119. The maximum absolute atomic E-state index is 9.85. The van der Waals surface area contributed by atoms with Crippen molar-refractivity contribution in [3.8, 4) is 0 Å². The fourth-order valence-corrected chi connectivity index (χ4v) is 1.91. The first-order valence-electron chi connectivity index (χ1n) is 6.95. The number of aliphatic hydroxyl groups excluding tert-OH is 2. The molecule has 2 heteroatoms. The van der Waals surface area contributed by atoms with Crippen LogP contribution in [0.2, 0.25) is 0 Å². The van der Waals surface area contributed by atoms with Crippen LogP contribution in [0.15, 0.2) is 0 Å². The van der Waals surface area contributed by atoms with Crippen molar-refractivity contribution in [1.82, 2.24) is 0 Å². The van der Waals surface area contributed by atoms with Gasteiger partial charge in [0, 0.05) is 6.61 Å². The van der Waals surface area contributed by atoms with E-state index < -0.39 is 0 Å². The van der Waals surface area contributed by atoms with Gasteiger partial charge in [0.25, 0.3) is 0 Å². The monoisotopic (exact) mass is 244 g/mol. The number of rotatable bonds is 8. The molecule has 0 bridgehead atoms. The molecule has 0 aromatic carbocycles. The van der Waals surface area contributed by atoms with Crippen LogP contribution in [-0.2, 0) is 0 Å². The summed E-state index contributed by atoms with van der Waals surface area (Å²) in [5.74, 6) is 0. The van der Waals surface area contributed by atoms with E-state index >= 15 is 0 Å². The third-order valence-electron chi connectivity index (χ3n) is 3.28. The lowest BCUT2D eigenvalue weighted by atomic mass is 9.86. The Labute approximate surface area is 107 Å². The first-order chi connectivity index (χ1) is 7.66. The molecule has 0 heterocycles. The Morgan fingerprint density at radius 3 is 1.76 bits per heavy atom. The van der Waals surface area contributed by atoms with Gasteiger partial charge in [0.05, 0.1) is 6.10 Å². The molecule has 1 atom stereocenters. The van der Waals surface area contributed by atoms with Crippen molar-refractivity contribution in [3.05, 3.63) is 0 Å². The van der Waals surface area contributed by atoms with Gasteiger partial charge in [0.1, 0.15) is 0 Å². The van der Waals surface area contributed by atoms with Crippen molar-refractivity contribution in [2.45, 2.75) is 79.2 Å². The minimum atomic E-state index is -0.160. The highest BCUT2D eigenvalue weighted by atomic mass is 16.3. The third kappa shape index (κ3) is 10.8. The molecule has 0 saturated heterocycles. The Kier molecular flexibility index (Phi) is 7.34. The topological polar surface area (TPSA) is 40.5 Å². The molecule has 0 saturated carbocycles. The Morgan fingerprint density at radius 2 is 1.35 bits per heavy atom. The van der Waals surface area contributed by atoms with E-state index in [-0.39, 0.29) is 18.1 Å². The number of hydrogen-bond acceptors (Lipinski definition) is 2. The maximum Gasteiger partial charge on any atom is 0.0540 e. The summed E-state index contributed by atoms with van der Waals surface area (Å²) in [4.78, 5) is 0. The van der Waals surface area contributed by atoms with Crippen LogP contribution in [0.5, 0.6) is 0 Å². The van der Waals surface area contributed by atoms with E-state index in [4.69, 9.17) is 5.11 Å². The number of aliphatic hydroxyl groups is 2. The zero-order valence-corrected chi connectivity index (χ0v) is 12.4. The zero-order chi connectivity index (χ0) is 13.5. The smallest absolute Gasteiger partial charge is 0.0540 e. The second kappa shape index (κ2) is 7.38. The molecule has 17 heavy (non-hydrogen) atoms. The molecule has 2 nitrogen and oxygen atoms in total. The zero-order valence-electron chi connectivity index (χ0n) is 12.4. The largest absolute Gasteiger partial charge is 0.396 e. The molecule has 1 unspecified atom stereocenters. The summed E-state index contributed by atoms with van der Waals surface area (Å²) in [6.07, 6.45) is 5.89. The molecular weight excluding hydrogens is 212 g/mol. The van der Waals surface area contributed by atoms with Gasteiger partial charge in [-0.1, -0.05) is 47.5 Å². The summed E-state index contributed by atoms with van der Waals surface area (Å²) in [5.41, 5.74) is 0.379. The summed E-state index contributed by atoms with van der Waals surface area (Å²) in [7, 11) is 0. The van der Waals surface area contributed by atoms with E-state index in [1.54, 1.807) is 0 Å². The van der Waals surface area contributed by atoms with E-state index in [2.05, 4.69) is 34.6 Å².